The largest absolute Gasteiger partial charge is 0.282 e. The molecule has 1 aromatic rings. The first-order valence-corrected chi connectivity index (χ1v) is 7.01. The third-order valence-corrected chi connectivity index (χ3v) is 3.67. The highest BCUT2D eigenvalue weighted by molar-refractivity contribution is 9.11. The van der Waals surface area contributed by atoms with Gasteiger partial charge in [0.1, 0.15) is 0 Å². The lowest BCUT2D eigenvalue weighted by Crippen LogP contribution is -2.15. The van der Waals surface area contributed by atoms with Crippen molar-refractivity contribution in [2.75, 3.05) is 10.5 Å². The molecular weight excluding hydrogens is 348 g/mol. The molecule has 0 aliphatic rings. The molecule has 0 bridgehead atoms. The molecule has 0 spiro atoms. The molecule has 0 fully saturated rings. The Balaban J connectivity index is 3.00. The average molecular weight is 354 g/mol. The lowest BCUT2D eigenvalue weighted by Gasteiger charge is -2.07. The monoisotopic (exact) mass is 352 g/mol. The van der Waals surface area contributed by atoms with Gasteiger partial charge in [0.2, 0.25) is 10.0 Å². The number of sulfonamides is 1. The molecule has 15 heavy (non-hydrogen) atoms. The fourth-order valence-electron chi connectivity index (χ4n) is 0.864. The second kappa shape index (κ2) is 4.96. The number of nitrogens with one attached hydrogen (secondary N) is 1. The van der Waals surface area contributed by atoms with E-state index in [4.69, 9.17) is 5.26 Å². The van der Waals surface area contributed by atoms with E-state index < -0.39 is 15.8 Å². The van der Waals surface area contributed by atoms with Crippen molar-refractivity contribution in [2.24, 2.45) is 0 Å². The maximum absolute atomic E-state index is 11.3. The number of rotatable bonds is 3. The molecule has 0 heterocycles. The number of nitrogens with zero attached hydrogens (tertiary/aromatic N) is 1. The Bertz CT molecular complexity index is 508. The number of hydrogen-bond donors (Lipinski definition) is 1. The normalized spacial score (nSPS) is 10.7. The molecule has 1 aromatic carbocycles. The molecule has 0 amide bonds. The molecule has 0 aliphatic heterocycles. The van der Waals surface area contributed by atoms with E-state index in [0.717, 1.165) is 4.47 Å². The smallest absolute Gasteiger partial charge is 0.246 e. The molecule has 4 nitrogen and oxygen atoms in total. The van der Waals surface area contributed by atoms with Crippen LogP contribution < -0.4 is 4.72 Å². The van der Waals surface area contributed by atoms with E-state index in [1.165, 1.54) is 0 Å². The fraction of sp³-hybridized carbons (Fsp3) is 0.125. The molecule has 1 N–H and O–H groups in total. The zero-order valence-corrected chi connectivity index (χ0v) is 11.4. The summed E-state index contributed by atoms with van der Waals surface area (Å²) >= 11 is 6.43. The standard InChI is InChI=1S/C8H6Br2N2O2S/c9-6-1-2-7(10)8(5-6)12-15(13,14)4-3-11/h1-2,5,12H,4H2. The van der Waals surface area contributed by atoms with E-state index >= 15 is 0 Å². The molecule has 1 rings (SSSR count). The second-order valence-corrected chi connectivity index (χ2v) is 6.14. The first kappa shape index (κ1) is 12.5. The predicted octanol–water partition coefficient (Wildman–Crippen LogP) is 2.48. The Labute approximate surface area is 105 Å². The van der Waals surface area contributed by atoms with Crippen LogP contribution in [0.5, 0.6) is 0 Å². The van der Waals surface area contributed by atoms with Gasteiger partial charge in [-0.05, 0) is 34.1 Å². The van der Waals surface area contributed by atoms with Gasteiger partial charge in [-0.1, -0.05) is 15.9 Å². The van der Waals surface area contributed by atoms with Gasteiger partial charge in [-0.2, -0.15) is 5.26 Å². The third-order valence-electron chi connectivity index (χ3n) is 1.45. The minimum Gasteiger partial charge on any atom is -0.282 e. The first-order valence-electron chi connectivity index (χ1n) is 3.77. The van der Waals surface area contributed by atoms with Crippen molar-refractivity contribution in [3.8, 4) is 6.07 Å². The van der Waals surface area contributed by atoms with E-state index in [0.29, 0.717) is 10.2 Å². The van der Waals surface area contributed by atoms with Crippen LogP contribution in [-0.4, -0.2) is 14.2 Å². The zero-order chi connectivity index (χ0) is 11.5. The predicted molar refractivity (Wildman–Crippen MR) is 64.9 cm³/mol. The lowest BCUT2D eigenvalue weighted by molar-refractivity contribution is 0.604. The van der Waals surface area contributed by atoms with Crippen LogP contribution in [0, 0.1) is 11.3 Å². The fourth-order valence-corrected chi connectivity index (χ4v) is 2.45. The minimum atomic E-state index is -3.59. The second-order valence-electron chi connectivity index (χ2n) is 2.64. The van der Waals surface area contributed by atoms with Gasteiger partial charge in [0.25, 0.3) is 0 Å². The van der Waals surface area contributed by atoms with Crippen LogP contribution in [0.2, 0.25) is 0 Å². The first-order chi connectivity index (χ1) is 6.94. The van der Waals surface area contributed by atoms with Gasteiger partial charge in [-0.15, -0.1) is 0 Å². The van der Waals surface area contributed by atoms with E-state index in [-0.39, 0.29) is 0 Å². The Morgan fingerprint density at radius 2 is 2.07 bits per heavy atom. The van der Waals surface area contributed by atoms with E-state index in [1.54, 1.807) is 24.3 Å². The molecule has 0 atom stereocenters. The van der Waals surface area contributed by atoms with Crippen LogP contribution in [0.1, 0.15) is 0 Å². The number of benzene rings is 1. The maximum Gasteiger partial charge on any atom is 0.246 e. The van der Waals surface area contributed by atoms with Gasteiger partial charge in [-0.3, -0.25) is 4.72 Å². The van der Waals surface area contributed by atoms with Crippen LogP contribution in [0.25, 0.3) is 0 Å². The van der Waals surface area contributed by atoms with Gasteiger partial charge in [0.15, 0.2) is 5.75 Å². The summed E-state index contributed by atoms with van der Waals surface area (Å²) in [6, 6.07) is 6.67. The molecular formula is C8H6Br2N2O2S. The Hall–Kier alpha value is -0.580. The summed E-state index contributed by atoms with van der Waals surface area (Å²) in [5.41, 5.74) is 0.402. The molecule has 0 saturated heterocycles. The molecule has 7 heteroatoms. The van der Waals surface area contributed by atoms with Crippen LogP contribution in [0.4, 0.5) is 5.69 Å². The molecule has 0 radical (unpaired) electrons. The van der Waals surface area contributed by atoms with Crippen LogP contribution >= 0.6 is 31.9 Å². The minimum absolute atomic E-state index is 0.402. The summed E-state index contributed by atoms with van der Waals surface area (Å²) in [4.78, 5) is 0. The van der Waals surface area contributed by atoms with Crippen LogP contribution in [-0.2, 0) is 10.0 Å². The molecule has 80 valence electrons. The average Bonchev–Trinajstić information content (AvgIpc) is 2.10. The zero-order valence-electron chi connectivity index (χ0n) is 7.37. The number of hydrogen-bond acceptors (Lipinski definition) is 3. The number of anilines is 1. The summed E-state index contributed by atoms with van der Waals surface area (Å²) < 4.78 is 26.3. The third kappa shape index (κ3) is 3.81. The highest BCUT2D eigenvalue weighted by atomic mass is 79.9. The van der Waals surface area contributed by atoms with Crippen molar-refractivity contribution in [1.82, 2.24) is 0 Å². The van der Waals surface area contributed by atoms with Crippen molar-refractivity contribution >= 4 is 47.6 Å². The van der Waals surface area contributed by atoms with Crippen LogP contribution in [0.15, 0.2) is 27.1 Å². The Morgan fingerprint density at radius 3 is 2.67 bits per heavy atom. The lowest BCUT2D eigenvalue weighted by atomic mass is 10.3. The molecule has 0 saturated carbocycles. The highest BCUT2D eigenvalue weighted by Gasteiger charge is 2.11. The summed E-state index contributed by atoms with van der Waals surface area (Å²) in [7, 11) is -3.59. The van der Waals surface area contributed by atoms with Gasteiger partial charge >= 0.3 is 0 Å². The Kier molecular flexibility index (Phi) is 4.13. The molecule has 0 aromatic heterocycles. The summed E-state index contributed by atoms with van der Waals surface area (Å²) in [5, 5.41) is 8.31. The topological polar surface area (TPSA) is 70.0 Å². The number of halogens is 2. The van der Waals surface area contributed by atoms with E-state index in [9.17, 15) is 8.42 Å². The Morgan fingerprint density at radius 1 is 1.40 bits per heavy atom. The van der Waals surface area contributed by atoms with Crippen molar-refractivity contribution in [3.05, 3.63) is 27.1 Å². The van der Waals surface area contributed by atoms with Crippen molar-refractivity contribution < 1.29 is 8.42 Å². The molecule has 0 unspecified atom stereocenters. The quantitative estimate of drug-likeness (QED) is 0.907. The van der Waals surface area contributed by atoms with Crippen molar-refractivity contribution in [1.29, 1.82) is 5.26 Å². The van der Waals surface area contributed by atoms with Crippen molar-refractivity contribution in [3.63, 3.8) is 0 Å². The van der Waals surface area contributed by atoms with Gasteiger partial charge < -0.3 is 0 Å². The van der Waals surface area contributed by atoms with Crippen molar-refractivity contribution in [2.45, 2.75) is 0 Å². The SMILES string of the molecule is N#CCS(=O)(=O)Nc1cc(Br)ccc1Br. The highest BCUT2D eigenvalue weighted by Crippen LogP contribution is 2.26. The summed E-state index contributed by atoms with van der Waals surface area (Å²) in [5.74, 6) is -0.564. The summed E-state index contributed by atoms with van der Waals surface area (Å²) in [6.07, 6.45) is 0. The van der Waals surface area contributed by atoms with E-state index in [2.05, 4.69) is 36.6 Å². The number of nitriles is 1. The van der Waals surface area contributed by atoms with Gasteiger partial charge in [0, 0.05) is 8.95 Å². The summed E-state index contributed by atoms with van der Waals surface area (Å²) in [6.45, 7) is 0. The van der Waals surface area contributed by atoms with E-state index in [1.807, 2.05) is 0 Å². The van der Waals surface area contributed by atoms with Crippen LogP contribution in [0.3, 0.4) is 0 Å². The van der Waals surface area contributed by atoms with Gasteiger partial charge in [-0.25, -0.2) is 8.42 Å². The maximum atomic E-state index is 11.3. The molecule has 0 aliphatic carbocycles. The van der Waals surface area contributed by atoms with Gasteiger partial charge in [0.05, 0.1) is 11.8 Å².